The molecule has 1 N–H and O–H groups in total. The van der Waals surface area contributed by atoms with Gasteiger partial charge in [0.1, 0.15) is 5.15 Å². The molecule has 0 radical (unpaired) electrons. The Morgan fingerprint density at radius 3 is 2.78 bits per heavy atom. The third kappa shape index (κ3) is 4.63. The predicted molar refractivity (Wildman–Crippen MR) is 74.0 cm³/mol. The second kappa shape index (κ2) is 8.06. The number of carbonyl (C=O) groups is 1. The van der Waals surface area contributed by atoms with Crippen LogP contribution in [0.15, 0.2) is 18.3 Å². The lowest BCUT2D eigenvalue weighted by Crippen LogP contribution is -2.30. The Morgan fingerprint density at radius 1 is 1.44 bits per heavy atom. The molecule has 0 atom stereocenters. The molecule has 0 spiro atoms. The largest absolute Gasteiger partial charge is 0.352 e. The van der Waals surface area contributed by atoms with Crippen molar-refractivity contribution in [1.82, 2.24) is 15.2 Å². The lowest BCUT2D eigenvalue weighted by Gasteiger charge is -2.17. The van der Waals surface area contributed by atoms with Gasteiger partial charge in [0.15, 0.2) is 0 Å². The summed E-state index contributed by atoms with van der Waals surface area (Å²) in [6.45, 7) is 8.00. The molecule has 5 heteroatoms. The minimum atomic E-state index is -0.160. The van der Waals surface area contributed by atoms with Gasteiger partial charge < -0.3 is 10.2 Å². The first kappa shape index (κ1) is 14.9. The molecular weight excluding hydrogens is 250 g/mol. The maximum absolute atomic E-state index is 11.8. The standard InChI is InChI=1S/C13H20ClN3O/c1-3-17(4-2)10-6-9-16-13(18)11-7-5-8-15-12(11)14/h5,7-8H,3-4,6,9-10H2,1-2H3,(H,16,18). The van der Waals surface area contributed by atoms with E-state index in [4.69, 9.17) is 11.6 Å². The molecule has 1 rings (SSSR count). The van der Waals surface area contributed by atoms with Crippen molar-refractivity contribution in [1.29, 1.82) is 0 Å². The van der Waals surface area contributed by atoms with Crippen molar-refractivity contribution in [3.63, 3.8) is 0 Å². The molecule has 0 aliphatic heterocycles. The van der Waals surface area contributed by atoms with Crippen molar-refractivity contribution in [2.24, 2.45) is 0 Å². The Labute approximate surface area is 113 Å². The van der Waals surface area contributed by atoms with E-state index in [1.54, 1.807) is 18.3 Å². The quantitative estimate of drug-likeness (QED) is 0.610. The minimum absolute atomic E-state index is 0.160. The van der Waals surface area contributed by atoms with Gasteiger partial charge in [-0.1, -0.05) is 25.4 Å². The molecule has 0 fully saturated rings. The van der Waals surface area contributed by atoms with Crippen LogP contribution in [0.1, 0.15) is 30.6 Å². The lowest BCUT2D eigenvalue weighted by atomic mass is 10.2. The molecule has 1 amide bonds. The maximum atomic E-state index is 11.8. The van der Waals surface area contributed by atoms with Crippen molar-refractivity contribution in [2.45, 2.75) is 20.3 Å². The average Bonchev–Trinajstić information content (AvgIpc) is 2.39. The summed E-state index contributed by atoms with van der Waals surface area (Å²) in [5.41, 5.74) is 0.432. The SMILES string of the molecule is CCN(CC)CCCNC(=O)c1cccnc1Cl. The van der Waals surface area contributed by atoms with E-state index in [-0.39, 0.29) is 11.1 Å². The zero-order valence-corrected chi connectivity index (χ0v) is 11.7. The first-order chi connectivity index (χ1) is 8.69. The molecule has 0 saturated heterocycles. The fourth-order valence-electron chi connectivity index (χ4n) is 1.70. The molecule has 0 aromatic carbocycles. The monoisotopic (exact) mass is 269 g/mol. The molecule has 0 unspecified atom stereocenters. The Morgan fingerprint density at radius 2 is 2.17 bits per heavy atom. The molecule has 0 bridgehead atoms. The van der Waals surface area contributed by atoms with Crippen LogP contribution in [0, 0.1) is 0 Å². The smallest absolute Gasteiger partial charge is 0.254 e. The van der Waals surface area contributed by atoms with Gasteiger partial charge in [0.25, 0.3) is 5.91 Å². The Kier molecular flexibility index (Phi) is 6.68. The summed E-state index contributed by atoms with van der Waals surface area (Å²) in [5.74, 6) is -0.160. The Hall–Kier alpha value is -1.13. The van der Waals surface area contributed by atoms with Crippen LogP contribution in [0.2, 0.25) is 5.15 Å². The molecule has 0 aliphatic carbocycles. The summed E-state index contributed by atoms with van der Waals surface area (Å²) in [6.07, 6.45) is 2.50. The van der Waals surface area contributed by atoms with Gasteiger partial charge in [-0.25, -0.2) is 4.98 Å². The molecule has 0 saturated carbocycles. The second-order valence-electron chi connectivity index (χ2n) is 3.98. The first-order valence-corrected chi connectivity index (χ1v) is 6.67. The normalized spacial score (nSPS) is 10.7. The van der Waals surface area contributed by atoms with Gasteiger partial charge in [0, 0.05) is 12.7 Å². The summed E-state index contributed by atoms with van der Waals surface area (Å²) in [5, 5.41) is 3.10. The van der Waals surface area contributed by atoms with E-state index < -0.39 is 0 Å². The lowest BCUT2D eigenvalue weighted by molar-refractivity contribution is 0.0951. The number of hydrogen-bond donors (Lipinski definition) is 1. The third-order valence-corrected chi connectivity index (χ3v) is 3.14. The zero-order chi connectivity index (χ0) is 13.4. The van der Waals surface area contributed by atoms with E-state index in [9.17, 15) is 4.79 Å². The van der Waals surface area contributed by atoms with Gasteiger partial charge in [-0.15, -0.1) is 0 Å². The summed E-state index contributed by atoms with van der Waals surface area (Å²) < 4.78 is 0. The second-order valence-corrected chi connectivity index (χ2v) is 4.34. The summed E-state index contributed by atoms with van der Waals surface area (Å²) in [7, 11) is 0. The number of amides is 1. The first-order valence-electron chi connectivity index (χ1n) is 6.30. The van der Waals surface area contributed by atoms with Crippen LogP contribution in [-0.4, -0.2) is 42.0 Å². The fraction of sp³-hybridized carbons (Fsp3) is 0.538. The zero-order valence-electron chi connectivity index (χ0n) is 10.9. The molecular formula is C13H20ClN3O. The number of aromatic nitrogens is 1. The van der Waals surface area contributed by atoms with E-state index in [0.29, 0.717) is 12.1 Å². The average molecular weight is 270 g/mol. The molecule has 0 aliphatic rings. The van der Waals surface area contributed by atoms with Crippen LogP contribution in [0.3, 0.4) is 0 Å². The number of carbonyl (C=O) groups excluding carboxylic acids is 1. The van der Waals surface area contributed by atoms with Crippen molar-refractivity contribution in [3.05, 3.63) is 29.0 Å². The number of halogens is 1. The van der Waals surface area contributed by atoms with E-state index in [0.717, 1.165) is 26.1 Å². The molecule has 1 aromatic rings. The van der Waals surface area contributed by atoms with Crippen LogP contribution in [0.4, 0.5) is 0 Å². The number of hydrogen-bond acceptors (Lipinski definition) is 3. The van der Waals surface area contributed by atoms with Crippen LogP contribution in [0.5, 0.6) is 0 Å². The Balaban J connectivity index is 2.32. The molecule has 100 valence electrons. The highest BCUT2D eigenvalue weighted by Gasteiger charge is 2.09. The van der Waals surface area contributed by atoms with Crippen LogP contribution < -0.4 is 5.32 Å². The fourth-order valence-corrected chi connectivity index (χ4v) is 1.90. The molecule has 1 aromatic heterocycles. The van der Waals surface area contributed by atoms with Gasteiger partial charge in [0.05, 0.1) is 5.56 Å². The van der Waals surface area contributed by atoms with Gasteiger partial charge in [0.2, 0.25) is 0 Å². The van der Waals surface area contributed by atoms with Crippen molar-refractivity contribution in [2.75, 3.05) is 26.2 Å². The molecule has 4 nitrogen and oxygen atoms in total. The van der Waals surface area contributed by atoms with E-state index in [1.165, 1.54) is 0 Å². The summed E-state index contributed by atoms with van der Waals surface area (Å²) in [4.78, 5) is 18.0. The van der Waals surface area contributed by atoms with E-state index >= 15 is 0 Å². The van der Waals surface area contributed by atoms with E-state index in [1.807, 2.05) is 0 Å². The van der Waals surface area contributed by atoms with Crippen LogP contribution in [0.25, 0.3) is 0 Å². The van der Waals surface area contributed by atoms with Crippen molar-refractivity contribution < 1.29 is 4.79 Å². The maximum Gasteiger partial charge on any atom is 0.254 e. The van der Waals surface area contributed by atoms with E-state index in [2.05, 4.69) is 29.0 Å². The number of pyridine rings is 1. The van der Waals surface area contributed by atoms with Gasteiger partial charge in [-0.2, -0.15) is 0 Å². The Bertz CT molecular complexity index is 380. The van der Waals surface area contributed by atoms with Gasteiger partial charge in [-0.3, -0.25) is 4.79 Å². The predicted octanol–water partition coefficient (Wildman–Crippen LogP) is 2.20. The highest BCUT2D eigenvalue weighted by Crippen LogP contribution is 2.10. The van der Waals surface area contributed by atoms with Gasteiger partial charge >= 0.3 is 0 Å². The highest BCUT2D eigenvalue weighted by molar-refractivity contribution is 6.32. The topological polar surface area (TPSA) is 45.2 Å². The minimum Gasteiger partial charge on any atom is -0.352 e. The van der Waals surface area contributed by atoms with Crippen molar-refractivity contribution in [3.8, 4) is 0 Å². The van der Waals surface area contributed by atoms with Crippen LogP contribution >= 0.6 is 11.6 Å². The number of nitrogens with one attached hydrogen (secondary N) is 1. The number of nitrogens with zero attached hydrogens (tertiary/aromatic N) is 2. The highest BCUT2D eigenvalue weighted by atomic mass is 35.5. The summed E-state index contributed by atoms with van der Waals surface area (Å²) >= 11 is 5.85. The third-order valence-electron chi connectivity index (χ3n) is 2.83. The number of rotatable bonds is 7. The van der Waals surface area contributed by atoms with Gasteiger partial charge in [-0.05, 0) is 38.2 Å². The summed E-state index contributed by atoms with van der Waals surface area (Å²) in [6, 6.07) is 3.38. The van der Waals surface area contributed by atoms with Crippen LogP contribution in [-0.2, 0) is 0 Å². The molecule has 18 heavy (non-hydrogen) atoms. The molecule has 1 heterocycles. The van der Waals surface area contributed by atoms with Crippen molar-refractivity contribution >= 4 is 17.5 Å².